The Hall–Kier alpha value is -4.36. The standard InChI is InChI=1S/C27H21ClN4O3/c28-23-16-22(27(34)26-21(23)8-4-13-29-26)25(31-24(33)17-35-20-6-2-1-3-7-20)18-9-11-19(12-10-18)32-15-5-14-30-32/h1-16,25,34H,17H2,(H,31,33). The zero-order valence-electron chi connectivity index (χ0n) is 18.5. The molecule has 1 atom stereocenters. The molecule has 0 aliphatic carbocycles. The van der Waals surface area contributed by atoms with Crippen molar-refractivity contribution in [3.8, 4) is 17.2 Å². The number of carbonyl (C=O) groups excluding carboxylic acids is 1. The Morgan fingerprint density at radius 2 is 1.83 bits per heavy atom. The van der Waals surface area contributed by atoms with Crippen molar-refractivity contribution in [3.05, 3.63) is 114 Å². The Morgan fingerprint density at radius 3 is 2.57 bits per heavy atom. The van der Waals surface area contributed by atoms with Gasteiger partial charge < -0.3 is 15.2 Å². The van der Waals surface area contributed by atoms with Crippen molar-refractivity contribution in [2.45, 2.75) is 6.04 Å². The van der Waals surface area contributed by atoms with Crippen LogP contribution in [0, 0.1) is 0 Å². The van der Waals surface area contributed by atoms with Crippen LogP contribution >= 0.6 is 11.6 Å². The molecule has 5 rings (SSSR count). The average molecular weight is 485 g/mol. The maximum atomic E-state index is 12.9. The van der Waals surface area contributed by atoms with Gasteiger partial charge in [0.05, 0.1) is 16.8 Å². The van der Waals surface area contributed by atoms with Crippen LogP contribution in [-0.4, -0.2) is 32.4 Å². The summed E-state index contributed by atoms with van der Waals surface area (Å²) in [5.74, 6) is 0.186. The number of para-hydroxylation sites is 1. The monoisotopic (exact) mass is 484 g/mol. The van der Waals surface area contributed by atoms with Gasteiger partial charge in [0.15, 0.2) is 6.61 Å². The topological polar surface area (TPSA) is 89.3 Å². The zero-order valence-corrected chi connectivity index (χ0v) is 19.3. The van der Waals surface area contributed by atoms with E-state index in [9.17, 15) is 9.90 Å². The van der Waals surface area contributed by atoms with E-state index >= 15 is 0 Å². The average Bonchev–Trinajstić information content (AvgIpc) is 3.44. The molecule has 3 aromatic carbocycles. The molecule has 174 valence electrons. The summed E-state index contributed by atoms with van der Waals surface area (Å²) in [6.07, 6.45) is 5.13. The second kappa shape index (κ2) is 9.87. The maximum absolute atomic E-state index is 12.9. The van der Waals surface area contributed by atoms with Gasteiger partial charge in [0.2, 0.25) is 0 Å². The summed E-state index contributed by atoms with van der Waals surface area (Å²) in [5, 5.41) is 19.4. The number of amides is 1. The number of hydrogen-bond donors (Lipinski definition) is 2. The molecule has 0 aliphatic rings. The lowest BCUT2D eigenvalue weighted by Crippen LogP contribution is -2.33. The van der Waals surface area contributed by atoms with Crippen LogP contribution in [0.15, 0.2) is 97.5 Å². The fourth-order valence-electron chi connectivity index (χ4n) is 3.88. The Kier molecular flexibility index (Phi) is 6.32. The number of phenolic OH excluding ortho intramolecular Hbond substituents is 1. The van der Waals surface area contributed by atoms with Gasteiger partial charge >= 0.3 is 0 Å². The fourth-order valence-corrected chi connectivity index (χ4v) is 4.15. The lowest BCUT2D eigenvalue weighted by Gasteiger charge is -2.22. The van der Waals surface area contributed by atoms with Crippen molar-refractivity contribution in [1.29, 1.82) is 0 Å². The highest BCUT2D eigenvalue weighted by molar-refractivity contribution is 6.35. The number of aromatic nitrogens is 3. The minimum Gasteiger partial charge on any atom is -0.505 e. The van der Waals surface area contributed by atoms with E-state index in [0.717, 1.165) is 11.3 Å². The summed E-state index contributed by atoms with van der Waals surface area (Å²) in [6, 6.07) is 22.9. The molecule has 8 heteroatoms. The Morgan fingerprint density at radius 1 is 1.03 bits per heavy atom. The van der Waals surface area contributed by atoms with Crippen LogP contribution in [0.25, 0.3) is 16.6 Å². The molecule has 7 nitrogen and oxygen atoms in total. The van der Waals surface area contributed by atoms with Crippen molar-refractivity contribution in [2.24, 2.45) is 0 Å². The number of nitrogens with one attached hydrogen (secondary N) is 1. The molecule has 5 aromatic rings. The highest BCUT2D eigenvalue weighted by atomic mass is 35.5. The molecular weight excluding hydrogens is 464 g/mol. The molecule has 0 bridgehead atoms. The molecule has 1 amide bonds. The molecule has 0 spiro atoms. The number of aromatic hydroxyl groups is 1. The number of ether oxygens (including phenoxy) is 1. The Labute approximate surface area is 206 Å². The molecule has 1 unspecified atom stereocenters. The van der Waals surface area contributed by atoms with Gasteiger partial charge in [-0.05, 0) is 54.1 Å². The molecule has 2 aromatic heterocycles. The number of halogens is 1. The first-order chi connectivity index (χ1) is 17.1. The minimum absolute atomic E-state index is 0.0459. The van der Waals surface area contributed by atoms with E-state index in [1.54, 1.807) is 47.4 Å². The van der Waals surface area contributed by atoms with E-state index in [2.05, 4.69) is 15.4 Å². The summed E-state index contributed by atoms with van der Waals surface area (Å²) < 4.78 is 7.34. The van der Waals surface area contributed by atoms with Gasteiger partial charge in [-0.1, -0.05) is 41.9 Å². The van der Waals surface area contributed by atoms with E-state index in [1.807, 2.05) is 54.7 Å². The van der Waals surface area contributed by atoms with Gasteiger partial charge in [0.1, 0.15) is 17.0 Å². The lowest BCUT2D eigenvalue weighted by atomic mass is 9.96. The van der Waals surface area contributed by atoms with Gasteiger partial charge in [-0.15, -0.1) is 0 Å². The predicted molar refractivity (Wildman–Crippen MR) is 134 cm³/mol. The quantitative estimate of drug-likeness (QED) is 0.337. The second-order valence-electron chi connectivity index (χ2n) is 7.84. The molecule has 0 fully saturated rings. The predicted octanol–water partition coefficient (Wildman–Crippen LogP) is 5.06. The number of carbonyl (C=O) groups is 1. The molecule has 0 saturated carbocycles. The number of phenols is 1. The van der Waals surface area contributed by atoms with Gasteiger partial charge in [-0.2, -0.15) is 5.10 Å². The van der Waals surface area contributed by atoms with Crippen molar-refractivity contribution in [2.75, 3.05) is 6.61 Å². The lowest BCUT2D eigenvalue weighted by molar-refractivity contribution is -0.123. The van der Waals surface area contributed by atoms with E-state index in [1.165, 1.54) is 0 Å². The molecule has 2 heterocycles. The number of nitrogens with zero attached hydrogens (tertiary/aromatic N) is 3. The normalized spacial score (nSPS) is 11.8. The first-order valence-electron chi connectivity index (χ1n) is 10.9. The van der Waals surface area contributed by atoms with Crippen molar-refractivity contribution in [1.82, 2.24) is 20.1 Å². The highest BCUT2D eigenvalue weighted by Gasteiger charge is 2.23. The fraction of sp³-hybridized carbons (Fsp3) is 0.0741. The van der Waals surface area contributed by atoms with Crippen molar-refractivity contribution >= 4 is 28.4 Å². The van der Waals surface area contributed by atoms with Gasteiger partial charge in [0.25, 0.3) is 5.91 Å². The maximum Gasteiger partial charge on any atom is 0.258 e. The Balaban J connectivity index is 1.50. The number of fused-ring (bicyclic) bond motifs is 1. The molecule has 2 N–H and O–H groups in total. The third-order valence-electron chi connectivity index (χ3n) is 5.57. The largest absolute Gasteiger partial charge is 0.505 e. The van der Waals surface area contributed by atoms with Crippen LogP contribution in [0.3, 0.4) is 0 Å². The number of hydrogen-bond acceptors (Lipinski definition) is 5. The van der Waals surface area contributed by atoms with E-state index in [4.69, 9.17) is 16.3 Å². The third-order valence-corrected chi connectivity index (χ3v) is 5.88. The zero-order chi connectivity index (χ0) is 24.2. The van der Waals surface area contributed by atoms with Crippen molar-refractivity contribution < 1.29 is 14.6 Å². The van der Waals surface area contributed by atoms with Crippen LogP contribution in [-0.2, 0) is 4.79 Å². The smallest absolute Gasteiger partial charge is 0.258 e. The first-order valence-corrected chi connectivity index (χ1v) is 11.3. The SMILES string of the molecule is O=C(COc1ccccc1)NC(c1ccc(-n2cccn2)cc1)c1cc(Cl)c2cccnc2c1O. The van der Waals surface area contributed by atoms with Gasteiger partial charge in [-0.25, -0.2) is 4.68 Å². The summed E-state index contributed by atoms with van der Waals surface area (Å²) in [4.78, 5) is 17.2. The second-order valence-corrected chi connectivity index (χ2v) is 8.25. The summed E-state index contributed by atoms with van der Waals surface area (Å²) in [6.45, 7) is -0.188. The number of benzene rings is 3. The summed E-state index contributed by atoms with van der Waals surface area (Å²) in [5.41, 5.74) is 2.40. The van der Waals surface area contributed by atoms with Crippen molar-refractivity contribution in [3.63, 3.8) is 0 Å². The van der Waals surface area contributed by atoms with E-state index in [-0.39, 0.29) is 18.3 Å². The van der Waals surface area contributed by atoms with E-state index < -0.39 is 6.04 Å². The molecule has 35 heavy (non-hydrogen) atoms. The summed E-state index contributed by atoms with van der Waals surface area (Å²) in [7, 11) is 0. The summed E-state index contributed by atoms with van der Waals surface area (Å²) >= 11 is 6.54. The Bertz CT molecular complexity index is 1460. The van der Waals surface area contributed by atoms with Gasteiger partial charge in [0, 0.05) is 29.5 Å². The molecule has 0 saturated heterocycles. The van der Waals surface area contributed by atoms with Crippen LogP contribution < -0.4 is 10.1 Å². The van der Waals surface area contributed by atoms with Crippen LogP contribution in [0.4, 0.5) is 0 Å². The van der Waals surface area contributed by atoms with Crippen LogP contribution in [0.5, 0.6) is 11.5 Å². The molecule has 0 aliphatic heterocycles. The minimum atomic E-state index is -0.697. The van der Waals surface area contributed by atoms with Crippen LogP contribution in [0.1, 0.15) is 17.2 Å². The molecule has 0 radical (unpaired) electrons. The highest BCUT2D eigenvalue weighted by Crippen LogP contribution is 2.38. The third kappa shape index (κ3) is 4.81. The number of pyridine rings is 1. The van der Waals surface area contributed by atoms with E-state index in [0.29, 0.717) is 27.2 Å². The number of rotatable bonds is 7. The van der Waals surface area contributed by atoms with Gasteiger partial charge in [-0.3, -0.25) is 9.78 Å². The molecular formula is C27H21ClN4O3. The van der Waals surface area contributed by atoms with Crippen LogP contribution in [0.2, 0.25) is 5.02 Å². The first kappa shape index (κ1) is 22.4.